The lowest BCUT2D eigenvalue weighted by Crippen LogP contribution is -2.41. The monoisotopic (exact) mass is 363 g/mol. The number of hydrogen-bond acceptors (Lipinski definition) is 6. The molecule has 132 valence electrons. The number of hydrogen-bond donors (Lipinski definition) is 2. The summed E-state index contributed by atoms with van der Waals surface area (Å²) < 4.78 is 41.0. The molecule has 3 atom stereocenters. The van der Waals surface area contributed by atoms with E-state index in [2.05, 4.69) is 4.74 Å². The highest BCUT2D eigenvalue weighted by Crippen LogP contribution is 2.43. The van der Waals surface area contributed by atoms with Gasteiger partial charge in [0.15, 0.2) is 11.4 Å². The van der Waals surface area contributed by atoms with E-state index in [1.54, 1.807) is 24.3 Å². The third-order valence-electron chi connectivity index (χ3n) is 3.39. The van der Waals surface area contributed by atoms with Crippen molar-refractivity contribution in [1.29, 1.82) is 0 Å². The summed E-state index contributed by atoms with van der Waals surface area (Å²) in [5.41, 5.74) is -0.340. The maximum absolute atomic E-state index is 12.6. The van der Waals surface area contributed by atoms with E-state index >= 15 is 0 Å². The van der Waals surface area contributed by atoms with E-state index in [0.717, 1.165) is 22.2 Å². The van der Waals surface area contributed by atoms with Gasteiger partial charge in [-0.15, -0.1) is 11.8 Å². The van der Waals surface area contributed by atoms with E-state index in [9.17, 15) is 28.2 Å². The standard InChI is InChI=1S/C15H16F3NO4S/c16-10(13(17)18)6-7-23-11(20)8-19-14(21)12(24-15(19)22)9-4-2-1-3-5-9/h1-5,12,14-15,21-22H,6-8H2. The smallest absolute Gasteiger partial charge is 0.320 e. The SMILES string of the molecule is O=C(CN1C(O)SC(c2ccccc2)C1O)OCCC(F)=C(F)F. The van der Waals surface area contributed by atoms with Crippen molar-refractivity contribution in [2.75, 3.05) is 13.2 Å². The first kappa shape index (κ1) is 18.8. The Morgan fingerprint density at radius 1 is 1.21 bits per heavy atom. The molecular formula is C15H16F3NO4S. The van der Waals surface area contributed by atoms with Gasteiger partial charge in [0.05, 0.1) is 11.9 Å². The molecule has 5 nitrogen and oxygen atoms in total. The second kappa shape index (κ2) is 8.52. The summed E-state index contributed by atoms with van der Waals surface area (Å²) in [4.78, 5) is 12.8. The van der Waals surface area contributed by atoms with Crippen molar-refractivity contribution in [2.45, 2.75) is 23.5 Å². The first-order chi connectivity index (χ1) is 11.4. The second-order valence-electron chi connectivity index (χ2n) is 5.02. The highest BCUT2D eigenvalue weighted by molar-refractivity contribution is 8.00. The molecule has 1 fully saturated rings. The molecule has 9 heteroatoms. The number of nitrogens with zero attached hydrogens (tertiary/aromatic N) is 1. The van der Waals surface area contributed by atoms with Gasteiger partial charge in [0, 0.05) is 6.42 Å². The molecule has 1 aliphatic rings. The maximum atomic E-state index is 12.6. The van der Waals surface area contributed by atoms with E-state index in [-0.39, 0.29) is 0 Å². The predicted octanol–water partition coefficient (Wildman–Crippen LogP) is 2.38. The topological polar surface area (TPSA) is 70.0 Å². The van der Waals surface area contributed by atoms with Crippen molar-refractivity contribution in [3.8, 4) is 0 Å². The highest BCUT2D eigenvalue weighted by Gasteiger charge is 2.41. The van der Waals surface area contributed by atoms with Gasteiger partial charge in [-0.05, 0) is 5.56 Å². The minimum Gasteiger partial charge on any atom is -0.464 e. The van der Waals surface area contributed by atoms with Crippen LogP contribution in [0.5, 0.6) is 0 Å². The fourth-order valence-corrected chi connectivity index (χ4v) is 3.42. The molecule has 24 heavy (non-hydrogen) atoms. The van der Waals surface area contributed by atoms with E-state index < -0.39 is 54.5 Å². The van der Waals surface area contributed by atoms with E-state index in [0.29, 0.717) is 0 Å². The first-order valence-electron chi connectivity index (χ1n) is 7.07. The number of ether oxygens (including phenoxy) is 1. The normalized spacial score (nSPS) is 24.0. The fraction of sp³-hybridized carbons (Fsp3) is 0.400. The van der Waals surface area contributed by atoms with Crippen LogP contribution in [0.15, 0.2) is 42.2 Å². The van der Waals surface area contributed by atoms with Crippen molar-refractivity contribution in [3.05, 3.63) is 47.8 Å². The van der Waals surface area contributed by atoms with Crippen LogP contribution in [-0.4, -0.2) is 46.0 Å². The van der Waals surface area contributed by atoms with Crippen LogP contribution in [0.2, 0.25) is 0 Å². The Morgan fingerprint density at radius 2 is 1.88 bits per heavy atom. The number of carbonyl (C=O) groups excluding carboxylic acids is 1. The zero-order valence-electron chi connectivity index (χ0n) is 12.4. The van der Waals surface area contributed by atoms with Crippen LogP contribution in [0.25, 0.3) is 0 Å². The number of benzene rings is 1. The van der Waals surface area contributed by atoms with Crippen LogP contribution < -0.4 is 0 Å². The summed E-state index contributed by atoms with van der Waals surface area (Å²) in [6, 6.07) is 8.97. The summed E-state index contributed by atoms with van der Waals surface area (Å²) in [7, 11) is 0. The van der Waals surface area contributed by atoms with Crippen LogP contribution in [-0.2, 0) is 9.53 Å². The Morgan fingerprint density at radius 3 is 2.50 bits per heavy atom. The number of esters is 1. The van der Waals surface area contributed by atoms with Crippen LogP contribution in [0.4, 0.5) is 13.2 Å². The molecule has 1 heterocycles. The number of rotatable bonds is 6. The van der Waals surface area contributed by atoms with Crippen LogP contribution in [0.1, 0.15) is 17.2 Å². The lowest BCUT2D eigenvalue weighted by Gasteiger charge is -2.23. The van der Waals surface area contributed by atoms with E-state index in [1.807, 2.05) is 6.07 Å². The molecule has 0 radical (unpaired) electrons. The summed E-state index contributed by atoms with van der Waals surface area (Å²) >= 11 is 1.07. The summed E-state index contributed by atoms with van der Waals surface area (Å²) in [5, 5.41) is 19.8. The number of carbonyl (C=O) groups is 1. The number of thioether (sulfide) groups is 1. The van der Waals surface area contributed by atoms with Gasteiger partial charge >= 0.3 is 12.0 Å². The van der Waals surface area contributed by atoms with Crippen LogP contribution in [0.3, 0.4) is 0 Å². The molecule has 0 amide bonds. The maximum Gasteiger partial charge on any atom is 0.320 e. The number of aliphatic hydroxyl groups is 2. The molecule has 1 aromatic rings. The molecule has 0 spiro atoms. The van der Waals surface area contributed by atoms with E-state index in [1.165, 1.54) is 0 Å². The van der Waals surface area contributed by atoms with Gasteiger partial charge < -0.3 is 14.9 Å². The molecule has 2 rings (SSSR count). The Bertz CT molecular complexity index is 598. The van der Waals surface area contributed by atoms with Crippen molar-refractivity contribution >= 4 is 17.7 Å². The van der Waals surface area contributed by atoms with Crippen LogP contribution >= 0.6 is 11.8 Å². The lowest BCUT2D eigenvalue weighted by atomic mass is 10.1. The average molecular weight is 363 g/mol. The molecule has 0 aromatic heterocycles. The third kappa shape index (κ3) is 4.73. The van der Waals surface area contributed by atoms with Gasteiger partial charge in [-0.3, -0.25) is 4.79 Å². The van der Waals surface area contributed by atoms with Crippen molar-refractivity contribution in [3.63, 3.8) is 0 Å². The third-order valence-corrected chi connectivity index (χ3v) is 4.72. The Hall–Kier alpha value is -1.55. The Labute approximate surface area is 140 Å². The molecule has 1 saturated heterocycles. The average Bonchev–Trinajstić information content (AvgIpc) is 2.83. The van der Waals surface area contributed by atoms with Gasteiger partial charge in [-0.2, -0.15) is 8.78 Å². The van der Waals surface area contributed by atoms with Crippen molar-refractivity contribution in [1.82, 2.24) is 4.90 Å². The second-order valence-corrected chi connectivity index (χ2v) is 6.22. The molecule has 0 bridgehead atoms. The first-order valence-corrected chi connectivity index (χ1v) is 8.02. The minimum absolute atomic E-state index is 0.442. The molecule has 0 aliphatic carbocycles. The van der Waals surface area contributed by atoms with Gasteiger partial charge in [0.1, 0.15) is 12.8 Å². The number of aliphatic hydroxyl groups excluding tert-OH is 2. The van der Waals surface area contributed by atoms with E-state index in [4.69, 9.17) is 0 Å². The van der Waals surface area contributed by atoms with Gasteiger partial charge in [0.2, 0.25) is 0 Å². The van der Waals surface area contributed by atoms with Gasteiger partial charge in [-0.25, -0.2) is 9.29 Å². The largest absolute Gasteiger partial charge is 0.464 e. The lowest BCUT2D eigenvalue weighted by molar-refractivity contribution is -0.151. The number of halogens is 3. The summed E-state index contributed by atoms with van der Waals surface area (Å²) in [5.74, 6) is -2.49. The molecular weight excluding hydrogens is 347 g/mol. The zero-order valence-corrected chi connectivity index (χ0v) is 13.3. The molecule has 3 unspecified atom stereocenters. The fourth-order valence-electron chi connectivity index (χ4n) is 2.19. The summed E-state index contributed by atoms with van der Waals surface area (Å²) in [6.45, 7) is -0.987. The quantitative estimate of drug-likeness (QED) is 0.757. The predicted molar refractivity (Wildman–Crippen MR) is 81.4 cm³/mol. The molecule has 1 aromatic carbocycles. The van der Waals surface area contributed by atoms with Crippen LogP contribution in [0, 0.1) is 0 Å². The Kier molecular flexibility index (Phi) is 6.67. The highest BCUT2D eigenvalue weighted by atomic mass is 32.2. The van der Waals surface area contributed by atoms with Crippen molar-refractivity contribution < 1.29 is 32.9 Å². The minimum atomic E-state index is -2.45. The zero-order chi connectivity index (χ0) is 17.7. The molecule has 1 aliphatic heterocycles. The summed E-state index contributed by atoms with van der Waals surface area (Å²) in [6.07, 6.45) is -4.29. The van der Waals surface area contributed by atoms with Gasteiger partial charge in [-0.1, -0.05) is 30.3 Å². The van der Waals surface area contributed by atoms with Gasteiger partial charge in [0.25, 0.3) is 0 Å². The Balaban J connectivity index is 1.88. The molecule has 2 N–H and O–H groups in total. The van der Waals surface area contributed by atoms with Crippen molar-refractivity contribution in [2.24, 2.45) is 0 Å². The molecule has 0 saturated carbocycles.